The molecule has 0 fully saturated rings. The van der Waals surface area contributed by atoms with E-state index >= 15 is 0 Å². The van der Waals surface area contributed by atoms with Crippen LogP contribution in [0.4, 0.5) is 0 Å². The van der Waals surface area contributed by atoms with E-state index in [4.69, 9.17) is 9.39 Å². The smallest absolute Gasteiger partial charge is 0.427 e. The molecule has 0 atom stereocenters. The Balaban J connectivity index is 4.48. The van der Waals surface area contributed by atoms with Crippen LogP contribution in [0.2, 0.25) is 5.82 Å². The molecule has 0 aliphatic carbocycles. The molecule has 0 aromatic carbocycles. The third kappa shape index (κ3) is 3.26. The summed E-state index contributed by atoms with van der Waals surface area (Å²) in [4.78, 5) is 0. The van der Waals surface area contributed by atoms with Crippen LogP contribution < -0.4 is 0 Å². The van der Waals surface area contributed by atoms with Gasteiger partial charge in [-0.25, -0.2) is 0 Å². The molecule has 0 radical (unpaired) electrons. The number of hydrogen-bond donors (Lipinski definition) is 1. The van der Waals surface area contributed by atoms with Gasteiger partial charge in [0, 0.05) is 7.11 Å². The summed E-state index contributed by atoms with van der Waals surface area (Å²) in [5, 5.41) is 9.64. The number of ether oxygens (including phenoxy) is 1. The van der Waals surface area contributed by atoms with Gasteiger partial charge in [-0.15, -0.1) is 0 Å². The van der Waals surface area contributed by atoms with Crippen LogP contribution >= 0.6 is 0 Å². The van der Waals surface area contributed by atoms with Crippen molar-refractivity contribution in [2.75, 3.05) is 7.11 Å². The van der Waals surface area contributed by atoms with Crippen LogP contribution in [-0.2, 0) is 9.39 Å². The van der Waals surface area contributed by atoms with Crippen molar-refractivity contribution >= 4 is 7.12 Å². The number of rotatable bonds is 5. The second-order valence-electron chi connectivity index (χ2n) is 4.98. The summed E-state index contributed by atoms with van der Waals surface area (Å²) in [5.41, 5.74) is -0.950. The Hall–Kier alpha value is -0.0551. The lowest BCUT2D eigenvalue weighted by Crippen LogP contribution is -2.52. The van der Waals surface area contributed by atoms with Crippen molar-refractivity contribution in [1.82, 2.24) is 0 Å². The van der Waals surface area contributed by atoms with E-state index in [0.717, 1.165) is 0 Å². The van der Waals surface area contributed by atoms with Gasteiger partial charge in [0.2, 0.25) is 0 Å². The lowest BCUT2D eigenvalue weighted by molar-refractivity contribution is -0.123. The van der Waals surface area contributed by atoms with Crippen molar-refractivity contribution in [3.05, 3.63) is 0 Å². The zero-order valence-electron chi connectivity index (χ0n) is 10.4. The molecule has 0 saturated heterocycles. The van der Waals surface area contributed by atoms with E-state index in [1.165, 1.54) is 0 Å². The van der Waals surface area contributed by atoms with Crippen LogP contribution in [0, 0.1) is 0 Å². The van der Waals surface area contributed by atoms with Gasteiger partial charge in [0.1, 0.15) is 0 Å². The molecule has 0 aromatic heterocycles. The van der Waals surface area contributed by atoms with Crippen molar-refractivity contribution in [3.63, 3.8) is 0 Å². The summed E-state index contributed by atoms with van der Waals surface area (Å²) >= 11 is 0. The van der Waals surface area contributed by atoms with Crippen LogP contribution in [0.15, 0.2) is 0 Å². The zero-order valence-corrected chi connectivity index (χ0v) is 10.4. The van der Waals surface area contributed by atoms with E-state index in [9.17, 15) is 5.02 Å². The van der Waals surface area contributed by atoms with E-state index < -0.39 is 18.3 Å². The predicted molar refractivity (Wildman–Crippen MR) is 59.3 cm³/mol. The van der Waals surface area contributed by atoms with Crippen molar-refractivity contribution in [3.8, 4) is 0 Å². The summed E-state index contributed by atoms with van der Waals surface area (Å²) in [6, 6.07) is 0. The summed E-state index contributed by atoms with van der Waals surface area (Å²) < 4.78 is 10.9. The molecule has 0 unspecified atom stereocenters. The quantitative estimate of drug-likeness (QED) is 0.693. The van der Waals surface area contributed by atoms with Gasteiger partial charge in [-0.1, -0.05) is 13.8 Å². The van der Waals surface area contributed by atoms with Crippen LogP contribution in [-0.4, -0.2) is 30.5 Å². The van der Waals surface area contributed by atoms with Crippen LogP contribution in [0.3, 0.4) is 0 Å². The monoisotopic (exact) mass is 202 g/mol. The molecule has 0 spiro atoms. The van der Waals surface area contributed by atoms with Gasteiger partial charge in [0.25, 0.3) is 0 Å². The SMILES string of the molecule is COC(C)(C)C(C)(C)OB(O)C(C)C. The van der Waals surface area contributed by atoms with Crippen molar-refractivity contribution < 1.29 is 14.4 Å². The molecule has 0 aliphatic heterocycles. The Morgan fingerprint density at radius 1 is 1.07 bits per heavy atom. The Bertz CT molecular complexity index is 178. The molecule has 0 aliphatic rings. The van der Waals surface area contributed by atoms with Crippen molar-refractivity contribution in [2.45, 2.75) is 58.6 Å². The zero-order chi connectivity index (χ0) is 11.6. The first kappa shape index (κ1) is 13.9. The fourth-order valence-corrected chi connectivity index (χ4v) is 0.826. The number of methoxy groups -OCH3 is 1. The first-order valence-electron chi connectivity index (χ1n) is 5.05. The standard InChI is InChI=1S/C10H23BO3/c1-8(2)11(12)14-10(5,6)9(3,4)13-7/h8,12H,1-7H3. The largest absolute Gasteiger partial charge is 0.457 e. The van der Waals surface area contributed by atoms with Gasteiger partial charge < -0.3 is 14.4 Å². The van der Waals surface area contributed by atoms with Gasteiger partial charge in [0.15, 0.2) is 0 Å². The Labute approximate surface area is 87.9 Å². The first-order chi connectivity index (χ1) is 6.14. The minimum atomic E-state index is -0.751. The van der Waals surface area contributed by atoms with Gasteiger partial charge >= 0.3 is 7.12 Å². The summed E-state index contributed by atoms with van der Waals surface area (Å²) in [5.74, 6) is 0.0851. The topological polar surface area (TPSA) is 38.7 Å². The molecule has 0 rings (SSSR count). The van der Waals surface area contributed by atoms with E-state index in [2.05, 4.69) is 0 Å². The average Bonchev–Trinajstić information content (AvgIpc) is 2.03. The van der Waals surface area contributed by atoms with Gasteiger partial charge in [-0.05, 0) is 33.5 Å². The maximum Gasteiger partial charge on any atom is 0.457 e. The van der Waals surface area contributed by atoms with E-state index in [-0.39, 0.29) is 5.82 Å². The normalized spacial score (nSPS) is 13.5. The fourth-order valence-electron chi connectivity index (χ4n) is 0.826. The second-order valence-corrected chi connectivity index (χ2v) is 4.98. The summed E-state index contributed by atoms with van der Waals surface area (Å²) in [6.45, 7) is 11.6. The molecule has 14 heavy (non-hydrogen) atoms. The van der Waals surface area contributed by atoms with Crippen molar-refractivity contribution in [1.29, 1.82) is 0 Å². The Kier molecular flexibility index (Phi) is 4.62. The lowest BCUT2D eigenvalue weighted by Gasteiger charge is -2.41. The highest BCUT2D eigenvalue weighted by molar-refractivity contribution is 6.44. The summed E-state index contributed by atoms with van der Waals surface area (Å²) in [7, 11) is 0.895. The van der Waals surface area contributed by atoms with Gasteiger partial charge in [-0.2, -0.15) is 0 Å². The van der Waals surface area contributed by atoms with Crippen LogP contribution in [0.1, 0.15) is 41.5 Å². The minimum Gasteiger partial charge on any atom is -0.427 e. The molecule has 1 N–H and O–H groups in total. The predicted octanol–water partition coefficient (Wildman–Crippen LogP) is 2.10. The molecule has 84 valence electrons. The second kappa shape index (κ2) is 4.64. The molecular formula is C10H23BO3. The van der Waals surface area contributed by atoms with E-state index in [1.807, 2.05) is 41.5 Å². The molecule has 0 heterocycles. The lowest BCUT2D eigenvalue weighted by atomic mass is 9.73. The van der Waals surface area contributed by atoms with Gasteiger partial charge in [-0.3, -0.25) is 0 Å². The third-order valence-corrected chi connectivity index (χ3v) is 2.95. The molecule has 4 heteroatoms. The molecule has 3 nitrogen and oxygen atoms in total. The average molecular weight is 202 g/mol. The fraction of sp³-hybridized carbons (Fsp3) is 1.00. The number of hydrogen-bond acceptors (Lipinski definition) is 3. The van der Waals surface area contributed by atoms with Crippen LogP contribution in [0.25, 0.3) is 0 Å². The minimum absolute atomic E-state index is 0.0851. The molecule has 0 saturated carbocycles. The van der Waals surface area contributed by atoms with E-state index in [0.29, 0.717) is 0 Å². The van der Waals surface area contributed by atoms with Crippen molar-refractivity contribution in [2.24, 2.45) is 0 Å². The van der Waals surface area contributed by atoms with Gasteiger partial charge in [0.05, 0.1) is 11.2 Å². The van der Waals surface area contributed by atoms with Crippen LogP contribution in [0.5, 0.6) is 0 Å². The maximum atomic E-state index is 9.64. The molecule has 0 amide bonds. The summed E-state index contributed by atoms with van der Waals surface area (Å²) in [6.07, 6.45) is 0. The maximum absolute atomic E-state index is 9.64. The first-order valence-corrected chi connectivity index (χ1v) is 5.05. The third-order valence-electron chi connectivity index (χ3n) is 2.95. The Morgan fingerprint density at radius 2 is 1.50 bits per heavy atom. The highest BCUT2D eigenvalue weighted by Crippen LogP contribution is 2.30. The highest BCUT2D eigenvalue weighted by Gasteiger charge is 2.41. The Morgan fingerprint density at radius 3 is 1.79 bits per heavy atom. The highest BCUT2D eigenvalue weighted by atomic mass is 16.6. The molecule has 0 aromatic rings. The molecule has 0 bridgehead atoms. The molecular weight excluding hydrogens is 179 g/mol. The van der Waals surface area contributed by atoms with E-state index in [1.54, 1.807) is 7.11 Å².